The number of methoxy groups -OCH3 is 1. The number of ether oxygens (including phenoxy) is 1. The molecule has 0 aliphatic heterocycles. The Bertz CT molecular complexity index is 744. The van der Waals surface area contributed by atoms with Crippen LogP contribution in [-0.4, -0.2) is 23.0 Å². The van der Waals surface area contributed by atoms with Crippen LogP contribution in [0.3, 0.4) is 0 Å². The number of nitrogens with zero attached hydrogens (tertiary/aromatic N) is 1. The van der Waals surface area contributed by atoms with Crippen molar-refractivity contribution >= 4 is 45.8 Å². The number of halogens is 2. The molecule has 5 heteroatoms. The van der Waals surface area contributed by atoms with Crippen LogP contribution >= 0.6 is 27.5 Å². The molecule has 1 heterocycles. The topological polar surface area (TPSA) is 37.9 Å². The van der Waals surface area contributed by atoms with Gasteiger partial charge in [-0.2, -0.15) is 0 Å². The van der Waals surface area contributed by atoms with Gasteiger partial charge >= 0.3 is 0 Å². The summed E-state index contributed by atoms with van der Waals surface area (Å²) in [4.78, 5) is 7.48. The molecule has 25 heavy (non-hydrogen) atoms. The number of hydrogen-bond donors (Lipinski definition) is 1. The Morgan fingerprint density at radius 2 is 2.04 bits per heavy atom. The zero-order valence-corrected chi connectivity index (χ0v) is 17.4. The number of imidazole rings is 1. The van der Waals surface area contributed by atoms with E-state index in [0.717, 1.165) is 27.3 Å². The van der Waals surface area contributed by atoms with Crippen molar-refractivity contribution in [2.45, 2.75) is 20.8 Å². The van der Waals surface area contributed by atoms with Crippen LogP contribution in [0.15, 0.2) is 46.6 Å². The third-order valence-corrected chi connectivity index (χ3v) is 3.71. The van der Waals surface area contributed by atoms with Gasteiger partial charge in [0, 0.05) is 15.9 Å². The largest absolute Gasteiger partial charge is 0.496 e. The van der Waals surface area contributed by atoms with Crippen LogP contribution in [0.2, 0.25) is 0 Å². The maximum atomic E-state index is 5.32. The van der Waals surface area contributed by atoms with Crippen molar-refractivity contribution < 1.29 is 4.74 Å². The maximum absolute atomic E-state index is 5.32. The summed E-state index contributed by atoms with van der Waals surface area (Å²) < 4.78 is 6.33. The molecule has 1 N–H and O–H groups in total. The number of hydrogen-bond acceptors (Lipinski definition) is 2. The van der Waals surface area contributed by atoms with Crippen molar-refractivity contribution in [1.29, 1.82) is 0 Å². The lowest BCUT2D eigenvalue weighted by molar-refractivity contribution is 0.414. The number of alkyl halides is 1. The molecule has 2 aromatic rings. The number of nitrogens with one attached hydrogen (secondary N) is 1. The van der Waals surface area contributed by atoms with Crippen LogP contribution in [0.1, 0.15) is 37.9 Å². The third kappa shape index (κ3) is 8.23. The predicted molar refractivity (Wildman–Crippen MR) is 113 cm³/mol. The first-order chi connectivity index (χ1) is 12.0. The summed E-state index contributed by atoms with van der Waals surface area (Å²) in [7, 11) is 1.66. The normalized spacial score (nSPS) is 10.6. The quantitative estimate of drug-likeness (QED) is 0.436. The standard InChI is InChI=1S/C15H15BrN2O.C5H9Cl/c1-3-4-13-10-17-15(18-13)8-5-11-9-12(16)6-7-14(11)19-2;1-5(2)3-4-6/h3-10H,1-2H3,(H,17,18);3H,4H2,1-2H3/b4-3+,8-5+;. The molecule has 0 spiro atoms. The van der Waals surface area contributed by atoms with E-state index >= 15 is 0 Å². The second-order valence-corrected chi connectivity index (χ2v) is 6.60. The van der Waals surface area contributed by atoms with Gasteiger partial charge in [0.05, 0.1) is 19.0 Å². The first-order valence-electron chi connectivity index (χ1n) is 7.88. The van der Waals surface area contributed by atoms with Gasteiger partial charge in [0.2, 0.25) is 0 Å². The molecule has 0 amide bonds. The van der Waals surface area contributed by atoms with E-state index in [1.807, 2.05) is 69.4 Å². The van der Waals surface area contributed by atoms with E-state index < -0.39 is 0 Å². The molecular weight excluding hydrogens is 400 g/mol. The Labute approximate surface area is 163 Å². The molecule has 0 saturated carbocycles. The molecule has 2 rings (SSSR count). The lowest BCUT2D eigenvalue weighted by Crippen LogP contribution is -1.86. The molecule has 1 aromatic carbocycles. The third-order valence-electron chi connectivity index (χ3n) is 3.06. The van der Waals surface area contributed by atoms with E-state index in [1.54, 1.807) is 13.3 Å². The van der Waals surface area contributed by atoms with Crippen molar-refractivity contribution in [3.05, 3.63) is 63.7 Å². The molecule has 0 fully saturated rings. The first kappa shape index (κ1) is 21.3. The van der Waals surface area contributed by atoms with Crippen LogP contribution in [0.25, 0.3) is 18.2 Å². The summed E-state index contributed by atoms with van der Waals surface area (Å²) >= 11 is 8.77. The van der Waals surface area contributed by atoms with Gasteiger partial charge in [-0.05, 0) is 57.2 Å². The molecule has 1 aromatic heterocycles. The van der Waals surface area contributed by atoms with E-state index in [0.29, 0.717) is 5.88 Å². The average molecular weight is 424 g/mol. The highest BCUT2D eigenvalue weighted by atomic mass is 79.9. The Morgan fingerprint density at radius 1 is 1.28 bits per heavy atom. The Morgan fingerprint density at radius 3 is 2.60 bits per heavy atom. The molecule has 3 nitrogen and oxygen atoms in total. The van der Waals surface area contributed by atoms with E-state index in [4.69, 9.17) is 16.3 Å². The van der Waals surface area contributed by atoms with Crippen LogP contribution in [0.5, 0.6) is 5.75 Å². The fourth-order valence-corrected chi connectivity index (χ4v) is 2.55. The molecule has 0 bridgehead atoms. The summed E-state index contributed by atoms with van der Waals surface area (Å²) in [5.74, 6) is 2.29. The molecule has 0 aliphatic rings. The van der Waals surface area contributed by atoms with Gasteiger partial charge in [0.15, 0.2) is 0 Å². The molecule has 0 saturated heterocycles. The predicted octanol–water partition coefficient (Wildman–Crippen LogP) is 6.58. The van der Waals surface area contributed by atoms with Gasteiger partial charge in [-0.15, -0.1) is 11.6 Å². The van der Waals surface area contributed by atoms with E-state index in [1.165, 1.54) is 5.57 Å². The minimum atomic E-state index is 0.641. The number of allylic oxidation sites excluding steroid dienone is 3. The van der Waals surface area contributed by atoms with Crippen molar-refractivity contribution in [3.63, 3.8) is 0 Å². The highest BCUT2D eigenvalue weighted by Gasteiger charge is 2.00. The first-order valence-corrected chi connectivity index (χ1v) is 9.21. The van der Waals surface area contributed by atoms with Gasteiger partial charge < -0.3 is 9.72 Å². The van der Waals surface area contributed by atoms with Crippen LogP contribution in [0, 0.1) is 0 Å². The lowest BCUT2D eigenvalue weighted by Gasteiger charge is -2.04. The van der Waals surface area contributed by atoms with Gasteiger partial charge in [-0.25, -0.2) is 4.98 Å². The summed E-state index contributed by atoms with van der Waals surface area (Å²) in [5, 5.41) is 0. The summed E-state index contributed by atoms with van der Waals surface area (Å²) in [6.45, 7) is 6.04. The number of benzene rings is 1. The number of aromatic nitrogens is 2. The van der Waals surface area contributed by atoms with Crippen LogP contribution in [0.4, 0.5) is 0 Å². The Hall–Kier alpha value is -1.78. The Balaban J connectivity index is 0.000000450. The zero-order valence-electron chi connectivity index (χ0n) is 15.0. The summed E-state index contributed by atoms with van der Waals surface area (Å²) in [6.07, 6.45) is 11.6. The van der Waals surface area contributed by atoms with Crippen molar-refractivity contribution in [2.24, 2.45) is 0 Å². The zero-order chi connectivity index (χ0) is 18.7. The minimum Gasteiger partial charge on any atom is -0.496 e. The SMILES string of the molecule is C/C=C/c1cnc(/C=C/c2cc(Br)ccc2OC)[nH]1.CC(C)=CCCl. The smallest absolute Gasteiger partial charge is 0.130 e. The highest BCUT2D eigenvalue weighted by Crippen LogP contribution is 2.24. The van der Waals surface area contributed by atoms with Crippen molar-refractivity contribution in [1.82, 2.24) is 9.97 Å². The van der Waals surface area contributed by atoms with E-state index in [9.17, 15) is 0 Å². The molecule has 0 radical (unpaired) electrons. The second kappa shape index (κ2) is 11.7. The van der Waals surface area contributed by atoms with Crippen molar-refractivity contribution in [2.75, 3.05) is 13.0 Å². The summed E-state index contributed by atoms with van der Waals surface area (Å²) in [6, 6.07) is 5.88. The fourth-order valence-electron chi connectivity index (χ4n) is 1.86. The van der Waals surface area contributed by atoms with Crippen LogP contribution < -0.4 is 4.74 Å². The number of aromatic amines is 1. The van der Waals surface area contributed by atoms with E-state index in [2.05, 4.69) is 25.9 Å². The highest BCUT2D eigenvalue weighted by molar-refractivity contribution is 9.10. The number of rotatable bonds is 5. The monoisotopic (exact) mass is 422 g/mol. The molecular formula is C20H24BrClN2O. The molecule has 0 aliphatic carbocycles. The Kier molecular flexibility index (Phi) is 9.97. The van der Waals surface area contributed by atoms with Gasteiger partial charge in [-0.3, -0.25) is 0 Å². The van der Waals surface area contributed by atoms with Crippen molar-refractivity contribution in [3.8, 4) is 5.75 Å². The molecule has 134 valence electrons. The van der Waals surface area contributed by atoms with Crippen LogP contribution in [-0.2, 0) is 0 Å². The maximum Gasteiger partial charge on any atom is 0.130 e. The summed E-state index contributed by atoms with van der Waals surface area (Å²) in [5.41, 5.74) is 3.27. The van der Waals surface area contributed by atoms with Gasteiger partial charge in [-0.1, -0.05) is 33.7 Å². The van der Waals surface area contributed by atoms with Gasteiger partial charge in [0.25, 0.3) is 0 Å². The second-order valence-electron chi connectivity index (χ2n) is 5.38. The molecule has 0 unspecified atom stereocenters. The minimum absolute atomic E-state index is 0.641. The van der Waals surface area contributed by atoms with E-state index in [-0.39, 0.29) is 0 Å². The van der Waals surface area contributed by atoms with Gasteiger partial charge in [0.1, 0.15) is 11.6 Å². The lowest BCUT2D eigenvalue weighted by atomic mass is 10.2. The molecule has 0 atom stereocenters. The fraction of sp³-hybridized carbons (Fsp3) is 0.250. The number of H-pyrrole nitrogens is 1. The average Bonchev–Trinajstić information content (AvgIpc) is 3.01.